The molecule has 0 bridgehead atoms. The highest BCUT2D eigenvalue weighted by Gasteiger charge is 2.23. The van der Waals surface area contributed by atoms with E-state index >= 15 is 0 Å². The first-order valence-electron chi connectivity index (χ1n) is 5.96. The van der Waals surface area contributed by atoms with Gasteiger partial charge >= 0.3 is 5.97 Å². The third-order valence-corrected chi connectivity index (χ3v) is 3.82. The van der Waals surface area contributed by atoms with Gasteiger partial charge in [-0.05, 0) is 17.9 Å². The largest absolute Gasteiger partial charge is 0.465 e. The van der Waals surface area contributed by atoms with Crippen molar-refractivity contribution in [2.75, 3.05) is 32.1 Å². The number of ether oxygens (including phenoxy) is 1. The first kappa shape index (κ1) is 14.0. The van der Waals surface area contributed by atoms with E-state index in [1.54, 1.807) is 11.4 Å². The Kier molecular flexibility index (Phi) is 4.52. The van der Waals surface area contributed by atoms with E-state index in [0.29, 0.717) is 30.1 Å². The maximum atomic E-state index is 11.9. The SMILES string of the molecule is COC(=O)c1sccc1NC(=O)CN1CC[C@H](O)C1. The van der Waals surface area contributed by atoms with Gasteiger partial charge in [-0.1, -0.05) is 0 Å². The molecule has 0 spiro atoms. The van der Waals surface area contributed by atoms with Crippen LogP contribution in [0.25, 0.3) is 0 Å². The maximum Gasteiger partial charge on any atom is 0.350 e. The molecule has 1 atom stereocenters. The first-order chi connectivity index (χ1) is 9.10. The molecule has 0 unspecified atom stereocenters. The predicted octanol–water partition coefficient (Wildman–Crippen LogP) is 0.540. The fraction of sp³-hybridized carbons (Fsp3) is 0.500. The number of β-amino-alcohol motifs (C(OH)–C–C–N with tert-alkyl or cyclic N) is 1. The number of likely N-dealkylation sites (tertiary alicyclic amines) is 1. The monoisotopic (exact) mass is 284 g/mol. The lowest BCUT2D eigenvalue weighted by Crippen LogP contribution is -2.32. The van der Waals surface area contributed by atoms with Gasteiger partial charge in [0.1, 0.15) is 4.88 Å². The van der Waals surface area contributed by atoms with Crippen LogP contribution in [0, 0.1) is 0 Å². The number of methoxy groups -OCH3 is 1. The third kappa shape index (κ3) is 3.52. The van der Waals surface area contributed by atoms with Gasteiger partial charge in [-0.3, -0.25) is 9.69 Å². The summed E-state index contributed by atoms with van der Waals surface area (Å²) in [5.41, 5.74) is 0.474. The minimum atomic E-state index is -0.457. The minimum Gasteiger partial charge on any atom is -0.465 e. The minimum absolute atomic E-state index is 0.197. The standard InChI is InChI=1S/C12H16N2O4S/c1-18-12(17)11-9(3-5-19-11)13-10(16)7-14-4-2-8(15)6-14/h3,5,8,15H,2,4,6-7H2,1H3,(H,13,16)/t8-/m0/s1. The highest BCUT2D eigenvalue weighted by atomic mass is 32.1. The van der Waals surface area contributed by atoms with Crippen LogP contribution >= 0.6 is 11.3 Å². The van der Waals surface area contributed by atoms with E-state index in [0.717, 1.165) is 0 Å². The molecular formula is C12H16N2O4S. The summed E-state index contributed by atoms with van der Waals surface area (Å²) in [6, 6.07) is 1.67. The van der Waals surface area contributed by atoms with Crippen molar-refractivity contribution in [2.24, 2.45) is 0 Å². The van der Waals surface area contributed by atoms with E-state index < -0.39 is 5.97 Å². The zero-order valence-corrected chi connectivity index (χ0v) is 11.4. The lowest BCUT2D eigenvalue weighted by Gasteiger charge is -2.14. The number of nitrogens with zero attached hydrogens (tertiary/aromatic N) is 1. The second-order valence-electron chi connectivity index (χ2n) is 4.38. The van der Waals surface area contributed by atoms with Gasteiger partial charge in [-0.25, -0.2) is 4.79 Å². The van der Waals surface area contributed by atoms with Crippen molar-refractivity contribution in [2.45, 2.75) is 12.5 Å². The van der Waals surface area contributed by atoms with E-state index in [4.69, 9.17) is 0 Å². The van der Waals surface area contributed by atoms with Gasteiger partial charge < -0.3 is 15.2 Å². The Morgan fingerprint density at radius 2 is 2.42 bits per heavy atom. The lowest BCUT2D eigenvalue weighted by molar-refractivity contribution is -0.117. The summed E-state index contributed by atoms with van der Waals surface area (Å²) in [7, 11) is 1.30. The number of hydrogen-bond donors (Lipinski definition) is 2. The van der Waals surface area contributed by atoms with Crippen molar-refractivity contribution in [3.8, 4) is 0 Å². The van der Waals surface area contributed by atoms with Crippen molar-refractivity contribution in [1.82, 2.24) is 4.90 Å². The number of carbonyl (C=O) groups is 2. The Morgan fingerprint density at radius 1 is 1.63 bits per heavy atom. The number of amides is 1. The van der Waals surface area contributed by atoms with Crippen LogP contribution in [0.4, 0.5) is 5.69 Å². The molecule has 1 amide bonds. The highest BCUT2D eigenvalue weighted by molar-refractivity contribution is 7.12. The summed E-state index contributed by atoms with van der Waals surface area (Å²) < 4.78 is 4.64. The molecule has 0 radical (unpaired) electrons. The zero-order chi connectivity index (χ0) is 13.8. The number of nitrogens with one attached hydrogen (secondary N) is 1. The molecular weight excluding hydrogens is 268 g/mol. The Bertz CT molecular complexity index is 474. The smallest absolute Gasteiger partial charge is 0.350 e. The summed E-state index contributed by atoms with van der Waals surface area (Å²) in [6.45, 7) is 1.44. The average Bonchev–Trinajstić information content (AvgIpc) is 2.97. The molecule has 2 N–H and O–H groups in total. The molecule has 7 heteroatoms. The first-order valence-corrected chi connectivity index (χ1v) is 6.84. The molecule has 104 valence electrons. The van der Waals surface area contributed by atoms with Crippen molar-refractivity contribution in [3.63, 3.8) is 0 Å². The van der Waals surface area contributed by atoms with Crippen molar-refractivity contribution < 1.29 is 19.4 Å². The van der Waals surface area contributed by atoms with E-state index in [1.165, 1.54) is 18.4 Å². The molecule has 1 fully saturated rings. The average molecular weight is 284 g/mol. The van der Waals surface area contributed by atoms with E-state index in [9.17, 15) is 14.7 Å². The second-order valence-corrected chi connectivity index (χ2v) is 5.30. The Hall–Kier alpha value is -1.44. The number of aliphatic hydroxyl groups excluding tert-OH is 1. The number of anilines is 1. The molecule has 19 heavy (non-hydrogen) atoms. The summed E-state index contributed by atoms with van der Waals surface area (Å²) in [5.74, 6) is -0.653. The van der Waals surface area contributed by atoms with Gasteiger partial charge in [-0.15, -0.1) is 11.3 Å². The van der Waals surface area contributed by atoms with Gasteiger partial charge in [-0.2, -0.15) is 0 Å². The van der Waals surface area contributed by atoms with E-state index in [-0.39, 0.29) is 18.6 Å². The normalized spacial score (nSPS) is 19.4. The van der Waals surface area contributed by atoms with Crippen LogP contribution in [0.2, 0.25) is 0 Å². The number of thiophene rings is 1. The third-order valence-electron chi connectivity index (χ3n) is 2.92. The number of aliphatic hydroxyl groups is 1. The number of hydrogen-bond acceptors (Lipinski definition) is 6. The molecule has 1 aromatic rings. The van der Waals surface area contributed by atoms with Crippen molar-refractivity contribution in [1.29, 1.82) is 0 Å². The topological polar surface area (TPSA) is 78.9 Å². The molecule has 2 rings (SSSR count). The molecule has 1 aromatic heterocycles. The molecule has 0 aromatic carbocycles. The van der Waals surface area contributed by atoms with Crippen LogP contribution in [-0.2, 0) is 9.53 Å². The van der Waals surface area contributed by atoms with Crippen molar-refractivity contribution in [3.05, 3.63) is 16.3 Å². The van der Waals surface area contributed by atoms with Gasteiger partial charge in [0.05, 0.1) is 25.4 Å². The molecule has 0 aliphatic carbocycles. The molecule has 1 aliphatic rings. The van der Waals surface area contributed by atoms with E-state index in [2.05, 4.69) is 10.1 Å². The lowest BCUT2D eigenvalue weighted by atomic mass is 10.3. The highest BCUT2D eigenvalue weighted by Crippen LogP contribution is 2.23. The summed E-state index contributed by atoms with van der Waals surface area (Å²) in [6.07, 6.45) is 0.346. The Balaban J connectivity index is 1.92. The predicted molar refractivity (Wildman–Crippen MR) is 71.4 cm³/mol. The van der Waals surface area contributed by atoms with Crippen LogP contribution in [0.3, 0.4) is 0 Å². The quantitative estimate of drug-likeness (QED) is 0.789. The second kappa shape index (κ2) is 6.14. The number of esters is 1. The van der Waals surface area contributed by atoms with Crippen LogP contribution in [0.1, 0.15) is 16.1 Å². The van der Waals surface area contributed by atoms with Crippen molar-refractivity contribution >= 4 is 28.9 Å². The summed E-state index contributed by atoms with van der Waals surface area (Å²) in [5, 5.41) is 13.8. The summed E-state index contributed by atoms with van der Waals surface area (Å²) >= 11 is 1.22. The van der Waals surface area contributed by atoms with Gasteiger partial charge in [0, 0.05) is 13.1 Å². The van der Waals surface area contributed by atoms with Crippen LogP contribution in [0.5, 0.6) is 0 Å². The van der Waals surface area contributed by atoms with Gasteiger partial charge in [0.15, 0.2) is 0 Å². The fourth-order valence-electron chi connectivity index (χ4n) is 2.01. The van der Waals surface area contributed by atoms with Crippen LogP contribution in [0.15, 0.2) is 11.4 Å². The van der Waals surface area contributed by atoms with Crippen LogP contribution < -0.4 is 5.32 Å². The van der Waals surface area contributed by atoms with Gasteiger partial charge in [0.25, 0.3) is 0 Å². The number of rotatable bonds is 4. The molecule has 6 nitrogen and oxygen atoms in total. The Labute approximate surface area is 115 Å². The van der Waals surface area contributed by atoms with Crippen LogP contribution in [-0.4, -0.2) is 54.7 Å². The molecule has 1 saturated heterocycles. The number of carbonyl (C=O) groups excluding carboxylic acids is 2. The summed E-state index contributed by atoms with van der Waals surface area (Å²) in [4.78, 5) is 25.6. The fourth-order valence-corrected chi connectivity index (χ4v) is 2.77. The van der Waals surface area contributed by atoms with Gasteiger partial charge in [0.2, 0.25) is 5.91 Å². The zero-order valence-electron chi connectivity index (χ0n) is 10.6. The Morgan fingerprint density at radius 3 is 3.05 bits per heavy atom. The molecule has 1 aliphatic heterocycles. The molecule has 2 heterocycles. The molecule has 0 saturated carbocycles. The van der Waals surface area contributed by atoms with E-state index in [1.807, 2.05) is 4.90 Å². The maximum absolute atomic E-state index is 11.9.